The second-order valence-electron chi connectivity index (χ2n) is 16.9. The Labute approximate surface area is 496 Å². The van der Waals surface area contributed by atoms with Crippen LogP contribution >= 0.6 is 79.6 Å². The Morgan fingerprint density at radius 1 is 0.405 bits per heavy atom. The Bertz CT molecular complexity index is 3930. The van der Waals surface area contributed by atoms with Crippen molar-refractivity contribution in [1.29, 1.82) is 0 Å². The maximum Gasteiger partial charge on any atom is 0.341 e. The molecule has 0 bridgehead atoms. The van der Waals surface area contributed by atoms with Gasteiger partial charge in [0.15, 0.2) is 0 Å². The summed E-state index contributed by atoms with van der Waals surface area (Å²) in [6, 6.07) is 46.5. The molecular formula is C60H49Br5N2O12. The SMILES string of the molecule is COC(=O)c1cc2cc(Br)ccc2cc1OC.COc1cc2ccc(Br)cc2cc1C(=O)O.COc1cc2ccc(Br)cc2cc1N.COc1cc2ccc(Br)cc2cc1NC(C)=O.O=C(O)c1cc2cc(Br)ccc2cc1O. The van der Waals surface area contributed by atoms with Crippen LogP contribution in [0.4, 0.5) is 11.4 Å². The highest BCUT2D eigenvalue weighted by atomic mass is 79.9. The van der Waals surface area contributed by atoms with Crippen LogP contribution in [0, 0.1) is 0 Å². The van der Waals surface area contributed by atoms with Crippen LogP contribution in [0.15, 0.2) is 174 Å². The Kier molecular flexibility index (Phi) is 21.5. The lowest BCUT2D eigenvalue weighted by Gasteiger charge is -2.10. The van der Waals surface area contributed by atoms with Crippen LogP contribution in [0.2, 0.25) is 0 Å². The standard InChI is InChI=1S/C13H12BrNO2.C13H11BrO3.C12H9BrO3.C11H10BrNO.C11H7BrO3/c1-8(16)15-12-6-10-5-11(14)4-3-9(10)7-13(12)17-2;1-16-12-7-8-3-4-10(14)5-9(8)6-11(12)13(15)17-2;1-16-11-6-7-2-3-9(13)4-8(7)5-10(11)12(14)15;1-14-11-6-7-2-3-9(12)4-8(7)5-10(11)13;12-8-2-1-6-5-10(13)9(11(14)15)4-7(6)3-8/h3-7H,1-2H3,(H,15,16);3-7H,1-2H3;2-6H,1H3,(H,14,15);2-6H,13H2,1H3;1-5,13H,(H,14,15). The normalized spacial score (nSPS) is 10.4. The Balaban J connectivity index is 0.000000160. The number of esters is 1. The van der Waals surface area contributed by atoms with Gasteiger partial charge in [-0.2, -0.15) is 0 Å². The number of hydrogen-bond donors (Lipinski definition) is 5. The number of carbonyl (C=O) groups is 4. The van der Waals surface area contributed by atoms with Crippen LogP contribution in [-0.4, -0.2) is 74.7 Å². The fourth-order valence-electron chi connectivity index (χ4n) is 7.84. The molecular weight excluding hydrogens is 1340 g/mol. The molecule has 0 aromatic heterocycles. The predicted octanol–water partition coefficient (Wildman–Crippen LogP) is 16.5. The van der Waals surface area contributed by atoms with Crippen LogP contribution in [0.25, 0.3) is 53.9 Å². The minimum absolute atomic E-state index is 0.0828. The van der Waals surface area contributed by atoms with Crippen molar-refractivity contribution in [3.8, 4) is 28.7 Å². The number of anilines is 2. The highest BCUT2D eigenvalue weighted by molar-refractivity contribution is 9.11. The number of methoxy groups -OCH3 is 5. The zero-order valence-electron chi connectivity index (χ0n) is 42.9. The molecule has 10 aromatic rings. The van der Waals surface area contributed by atoms with Gasteiger partial charge in [-0.3, -0.25) is 4.79 Å². The quantitative estimate of drug-likeness (QED) is 0.0708. The van der Waals surface area contributed by atoms with Crippen LogP contribution in [0.5, 0.6) is 28.7 Å². The molecule has 0 spiro atoms. The van der Waals surface area contributed by atoms with Gasteiger partial charge in [0.1, 0.15) is 45.4 Å². The summed E-state index contributed by atoms with van der Waals surface area (Å²) >= 11 is 16.9. The molecule has 19 heteroatoms. The molecule has 14 nitrogen and oxygen atoms in total. The number of carboxylic acids is 2. The number of carbonyl (C=O) groups excluding carboxylic acids is 2. The van der Waals surface area contributed by atoms with E-state index in [9.17, 15) is 24.3 Å². The number of carboxylic acid groups (broad SMARTS) is 2. The molecule has 0 heterocycles. The molecule has 79 heavy (non-hydrogen) atoms. The minimum atomic E-state index is -1.13. The number of amides is 1. The number of nitrogens with one attached hydrogen (secondary N) is 1. The van der Waals surface area contributed by atoms with Crippen LogP contribution in [0.1, 0.15) is 38.0 Å². The van der Waals surface area contributed by atoms with Gasteiger partial charge in [0.05, 0.1) is 46.9 Å². The number of hydrogen-bond acceptors (Lipinski definition) is 11. The predicted molar refractivity (Wildman–Crippen MR) is 330 cm³/mol. The molecule has 10 aromatic carbocycles. The van der Waals surface area contributed by atoms with E-state index < -0.39 is 17.9 Å². The van der Waals surface area contributed by atoms with Crippen molar-refractivity contribution in [2.45, 2.75) is 6.92 Å². The molecule has 0 aliphatic heterocycles. The first kappa shape index (κ1) is 60.8. The molecule has 0 aliphatic rings. The molecule has 0 aliphatic carbocycles. The van der Waals surface area contributed by atoms with Crippen LogP contribution in [-0.2, 0) is 9.53 Å². The first-order valence-electron chi connectivity index (χ1n) is 23.2. The summed E-state index contributed by atoms with van der Waals surface area (Å²) in [6.45, 7) is 1.48. The zero-order valence-corrected chi connectivity index (χ0v) is 50.8. The summed E-state index contributed by atoms with van der Waals surface area (Å²) in [4.78, 5) is 44.5. The lowest BCUT2D eigenvalue weighted by molar-refractivity contribution is -0.114. The van der Waals surface area contributed by atoms with E-state index in [1.807, 2.05) is 115 Å². The lowest BCUT2D eigenvalue weighted by atomic mass is 10.1. The molecule has 6 N–H and O–H groups in total. The number of ether oxygens (including phenoxy) is 5. The van der Waals surface area contributed by atoms with E-state index in [0.29, 0.717) is 34.2 Å². The third-order valence-corrected chi connectivity index (χ3v) is 14.1. The topological polar surface area (TPSA) is 213 Å². The third kappa shape index (κ3) is 16.1. The number of rotatable bonds is 8. The molecule has 0 unspecified atom stereocenters. The van der Waals surface area contributed by atoms with Crippen molar-refractivity contribution >= 4 is 169 Å². The Morgan fingerprint density at radius 2 is 0.734 bits per heavy atom. The van der Waals surface area contributed by atoms with Crippen molar-refractivity contribution < 1.29 is 58.2 Å². The summed E-state index contributed by atoms with van der Waals surface area (Å²) in [5.74, 6) is -0.560. The summed E-state index contributed by atoms with van der Waals surface area (Å²) in [5.41, 5.74) is 7.68. The number of phenols is 1. The molecule has 406 valence electrons. The van der Waals surface area contributed by atoms with Gasteiger partial charge in [0.2, 0.25) is 5.91 Å². The Morgan fingerprint density at radius 3 is 1.11 bits per heavy atom. The monoisotopic (exact) mass is 1380 g/mol. The van der Waals surface area contributed by atoms with Crippen molar-refractivity contribution in [2.24, 2.45) is 0 Å². The van der Waals surface area contributed by atoms with E-state index in [-0.39, 0.29) is 22.8 Å². The van der Waals surface area contributed by atoms with Gasteiger partial charge in [0, 0.05) is 29.3 Å². The van der Waals surface area contributed by atoms with Gasteiger partial charge in [0.25, 0.3) is 0 Å². The van der Waals surface area contributed by atoms with Gasteiger partial charge in [-0.15, -0.1) is 0 Å². The number of benzene rings is 10. The average molecular weight is 1390 g/mol. The summed E-state index contributed by atoms with van der Waals surface area (Å²) in [5, 5.41) is 39.8. The average Bonchev–Trinajstić information content (AvgIpc) is 3.46. The van der Waals surface area contributed by atoms with E-state index in [2.05, 4.69) is 85.0 Å². The molecule has 0 saturated heterocycles. The molecule has 0 fully saturated rings. The minimum Gasteiger partial charge on any atom is -0.507 e. The summed E-state index contributed by atoms with van der Waals surface area (Å²) < 4.78 is 30.2. The molecule has 0 saturated carbocycles. The second-order valence-corrected chi connectivity index (χ2v) is 21.4. The van der Waals surface area contributed by atoms with E-state index in [1.54, 1.807) is 38.5 Å². The number of aromatic carboxylic acids is 2. The van der Waals surface area contributed by atoms with Gasteiger partial charge in [-0.05, 0) is 175 Å². The van der Waals surface area contributed by atoms with E-state index in [1.165, 1.54) is 40.4 Å². The van der Waals surface area contributed by atoms with Crippen molar-refractivity contribution in [2.75, 3.05) is 46.6 Å². The molecule has 1 amide bonds. The second kappa shape index (κ2) is 27.9. The smallest absolute Gasteiger partial charge is 0.341 e. The number of nitrogen functional groups attached to an aromatic ring is 1. The molecule has 10 rings (SSSR count). The number of aromatic hydroxyl groups is 1. The van der Waals surface area contributed by atoms with Gasteiger partial charge >= 0.3 is 17.9 Å². The zero-order chi connectivity index (χ0) is 57.7. The number of nitrogens with two attached hydrogens (primary N) is 1. The van der Waals surface area contributed by atoms with Gasteiger partial charge in [-0.25, -0.2) is 14.4 Å². The highest BCUT2D eigenvalue weighted by Gasteiger charge is 2.16. The first-order chi connectivity index (χ1) is 37.6. The number of fused-ring (bicyclic) bond motifs is 5. The van der Waals surface area contributed by atoms with Crippen LogP contribution < -0.4 is 30.0 Å². The molecule has 0 radical (unpaired) electrons. The van der Waals surface area contributed by atoms with E-state index in [0.717, 1.165) is 82.0 Å². The lowest BCUT2D eigenvalue weighted by Crippen LogP contribution is -2.07. The first-order valence-corrected chi connectivity index (χ1v) is 27.2. The van der Waals surface area contributed by atoms with Gasteiger partial charge in [-0.1, -0.05) is 110 Å². The fraction of sp³-hybridized carbons (Fsp3) is 0.100. The van der Waals surface area contributed by atoms with Gasteiger partial charge < -0.3 is 50.1 Å². The maximum atomic E-state index is 11.6. The van der Waals surface area contributed by atoms with Crippen molar-refractivity contribution in [1.82, 2.24) is 0 Å². The van der Waals surface area contributed by atoms with Crippen molar-refractivity contribution in [3.63, 3.8) is 0 Å². The largest absolute Gasteiger partial charge is 0.507 e. The fourth-order valence-corrected chi connectivity index (χ4v) is 9.74. The third-order valence-electron chi connectivity index (χ3n) is 11.6. The number of halogens is 5. The van der Waals surface area contributed by atoms with Crippen LogP contribution in [0.3, 0.4) is 0 Å². The Hall–Kier alpha value is -7.42. The highest BCUT2D eigenvalue weighted by Crippen LogP contribution is 2.34. The maximum absolute atomic E-state index is 11.6. The summed E-state index contributed by atoms with van der Waals surface area (Å²) in [6.07, 6.45) is 0. The van der Waals surface area contributed by atoms with E-state index in [4.69, 9.17) is 39.6 Å². The van der Waals surface area contributed by atoms with E-state index >= 15 is 0 Å². The molecule has 0 atom stereocenters. The summed E-state index contributed by atoms with van der Waals surface area (Å²) in [7, 11) is 7.56. The van der Waals surface area contributed by atoms with Crippen molar-refractivity contribution in [3.05, 3.63) is 191 Å².